The molecule has 1 aliphatic rings. The van der Waals surface area contributed by atoms with Crippen LogP contribution in [-0.2, 0) is 59.2 Å². The van der Waals surface area contributed by atoms with Gasteiger partial charge >= 0.3 is 5.97 Å². The van der Waals surface area contributed by atoms with Gasteiger partial charge in [0.15, 0.2) is 0 Å². The minimum atomic E-state index is -1.70. The van der Waals surface area contributed by atoms with Crippen molar-refractivity contribution in [2.24, 2.45) is 41.4 Å². The third-order valence-electron chi connectivity index (χ3n) is 17.6. The topological polar surface area (TPSA) is 316 Å². The summed E-state index contributed by atoms with van der Waals surface area (Å²) in [6.07, 6.45) is 0.0225. The number of nitrogens with zero attached hydrogens (tertiary/aromatic N) is 7. The molecular weight excluding hydrogens is 1190 g/mol. The van der Waals surface area contributed by atoms with Gasteiger partial charge in [0, 0.05) is 49.3 Å². The van der Waals surface area contributed by atoms with Crippen LogP contribution in [0.2, 0.25) is 0 Å². The number of carbonyl (C=O) groups is 12. The minimum Gasteiger partial charge on any atom is -0.478 e. The van der Waals surface area contributed by atoms with Gasteiger partial charge in [-0.3, -0.25) is 52.7 Å². The first kappa shape index (κ1) is 81.9. The molecule has 0 aromatic heterocycles. The summed E-state index contributed by atoms with van der Waals surface area (Å²) in [6, 6.07) is -6.28. The minimum absolute atomic E-state index is 0.0219. The number of aromatic carboxylic acids is 1. The van der Waals surface area contributed by atoms with Crippen molar-refractivity contribution < 1.29 is 67.7 Å². The van der Waals surface area contributed by atoms with Gasteiger partial charge < -0.3 is 65.8 Å². The van der Waals surface area contributed by atoms with Gasteiger partial charge in [-0.05, 0) is 124 Å². The Kier molecular flexibility index (Phi) is 32.6. The summed E-state index contributed by atoms with van der Waals surface area (Å²) in [5.41, 5.74) is 0.828. The molecule has 0 unspecified atom stereocenters. The van der Waals surface area contributed by atoms with Crippen LogP contribution >= 0.6 is 0 Å². The molecule has 25 nitrogen and oxygen atoms in total. The third-order valence-corrected chi connectivity index (χ3v) is 17.6. The van der Waals surface area contributed by atoms with E-state index in [9.17, 15) is 48.6 Å². The SMILES string of the molecule is CC[C@@H]1NC(=O)[C@H]([C@H](O)[C@H](C)CCCc2cccc(C(=O)O)c2)N(C)C(=O)[C@H](C(C)C)N(C)C(=O)[C@H](CC(C)C)N(C)C(=O)[C@H](CC(C)C)N(C)C(=O)[C@H](C)NC(=O)[C@@H](C)NC(=O)[C@@H](CC(C)C)N(C)C(=O)[C@@H](C(C)C)NC(=O)[C@H](CC(C)C)N(C)C(=O)CN(C)C1=O. The number of rotatable bonds is 18. The summed E-state index contributed by atoms with van der Waals surface area (Å²) in [4.78, 5) is 182. The molecule has 526 valence electrons. The number of aliphatic hydroxyl groups is 1. The maximum absolute atomic E-state index is 15.4. The van der Waals surface area contributed by atoms with Crippen molar-refractivity contribution >= 4 is 70.9 Å². The molecule has 0 bridgehead atoms. The summed E-state index contributed by atoms with van der Waals surface area (Å²) < 4.78 is 0. The molecule has 1 aliphatic heterocycles. The van der Waals surface area contributed by atoms with E-state index in [0.717, 1.165) is 15.4 Å². The fraction of sp³-hybridized carbons (Fsp3) is 0.735. The maximum Gasteiger partial charge on any atom is 0.335 e. The number of likely N-dealkylation sites (N-methyl/N-ethyl adjacent to an activating group) is 7. The van der Waals surface area contributed by atoms with Crippen LogP contribution in [0.5, 0.6) is 0 Å². The number of carboxylic acids is 1. The normalized spacial score (nSPS) is 25.4. The molecule has 25 heteroatoms. The van der Waals surface area contributed by atoms with Crippen LogP contribution in [-0.4, -0.2) is 238 Å². The second kappa shape index (κ2) is 37.1. The molecule has 1 fully saturated rings. The fourth-order valence-electron chi connectivity index (χ4n) is 11.8. The Morgan fingerprint density at radius 3 is 1.44 bits per heavy atom. The number of carbonyl (C=O) groups excluding carboxylic acids is 11. The lowest BCUT2D eigenvalue weighted by Crippen LogP contribution is -2.63. The standard InChI is InChI=1S/C68H115N11O14/c1-24-48-63(87)73(17)36-53(80)74(18)49(31-37(2)3)60(84)72-54(41(10)11)66(90)75(19)50(32-38(4)5)59(83)69-44(15)58(82)70-45(16)62(86)76(20)51(33-39(6)7)64(88)77(21)52(34-40(8)9)65(89)78(22)55(42(12)13)67(91)79(23)56(61(85)71-48)57(81)43(14)27-25-28-46-29-26-30-47(35-46)68(92)93/h26,29-30,35,37-45,48-52,54-57,81H,24-25,27-28,31-34,36H2,1-23H3,(H,69,83)(H,70,82)(H,71,85)(H,72,84)(H,92,93)/t43-,44-,45+,48+,49+,50-,51+,52+,54-,55+,56+,57-/m1/s1. The number of amides is 11. The smallest absolute Gasteiger partial charge is 0.335 e. The van der Waals surface area contributed by atoms with E-state index in [1.165, 1.54) is 93.7 Å². The third kappa shape index (κ3) is 23.1. The first-order valence-electron chi connectivity index (χ1n) is 33.1. The van der Waals surface area contributed by atoms with Crippen molar-refractivity contribution in [1.82, 2.24) is 55.6 Å². The first-order chi connectivity index (χ1) is 43.0. The van der Waals surface area contributed by atoms with E-state index < -0.39 is 162 Å². The fourth-order valence-corrected chi connectivity index (χ4v) is 11.8. The molecule has 1 heterocycles. The lowest BCUT2D eigenvalue weighted by molar-refractivity contribution is -0.157. The predicted octanol–water partition coefficient (Wildman–Crippen LogP) is 4.02. The number of nitrogens with one attached hydrogen (secondary N) is 4. The van der Waals surface area contributed by atoms with E-state index >= 15 is 19.2 Å². The number of benzene rings is 1. The number of aliphatic hydroxyl groups excluding tert-OH is 1. The maximum atomic E-state index is 15.4. The Morgan fingerprint density at radius 1 is 0.505 bits per heavy atom. The highest BCUT2D eigenvalue weighted by atomic mass is 16.4. The van der Waals surface area contributed by atoms with E-state index in [1.54, 1.807) is 59.7 Å². The van der Waals surface area contributed by atoms with Crippen LogP contribution in [0.25, 0.3) is 0 Å². The highest BCUT2D eigenvalue weighted by Crippen LogP contribution is 2.26. The van der Waals surface area contributed by atoms with Crippen molar-refractivity contribution in [2.75, 3.05) is 55.9 Å². The molecule has 0 aliphatic carbocycles. The molecule has 93 heavy (non-hydrogen) atoms. The van der Waals surface area contributed by atoms with E-state index in [4.69, 9.17) is 0 Å². The zero-order valence-electron chi connectivity index (χ0n) is 60.0. The Bertz CT molecular complexity index is 2760. The zero-order valence-corrected chi connectivity index (χ0v) is 60.0. The lowest BCUT2D eigenvalue weighted by atomic mass is 9.89. The van der Waals surface area contributed by atoms with Gasteiger partial charge in [0.1, 0.15) is 60.4 Å². The number of aryl methyl sites for hydroxylation is 1. The van der Waals surface area contributed by atoms with E-state index in [2.05, 4.69) is 21.3 Å². The highest BCUT2D eigenvalue weighted by molar-refractivity contribution is 5.99. The van der Waals surface area contributed by atoms with Gasteiger partial charge in [0.05, 0.1) is 18.2 Å². The second-order valence-electron chi connectivity index (χ2n) is 28.2. The van der Waals surface area contributed by atoms with E-state index in [-0.39, 0.29) is 67.8 Å². The Morgan fingerprint density at radius 2 is 0.957 bits per heavy atom. The van der Waals surface area contributed by atoms with Crippen LogP contribution in [0.1, 0.15) is 172 Å². The summed E-state index contributed by atoms with van der Waals surface area (Å²) in [6.45, 7) is 27.3. The molecule has 0 saturated carbocycles. The summed E-state index contributed by atoms with van der Waals surface area (Å²) in [5.74, 6) is -11.4. The lowest BCUT2D eigenvalue weighted by Gasteiger charge is -2.41. The van der Waals surface area contributed by atoms with Gasteiger partial charge in [-0.1, -0.05) is 109 Å². The van der Waals surface area contributed by atoms with Crippen LogP contribution in [0, 0.1) is 41.4 Å². The average molecular weight is 1310 g/mol. The van der Waals surface area contributed by atoms with Gasteiger partial charge in [-0.15, -0.1) is 0 Å². The number of hydrogen-bond donors (Lipinski definition) is 6. The van der Waals surface area contributed by atoms with Crippen molar-refractivity contribution in [1.29, 1.82) is 0 Å². The molecule has 0 spiro atoms. The van der Waals surface area contributed by atoms with Crippen molar-refractivity contribution in [3.8, 4) is 0 Å². The first-order valence-corrected chi connectivity index (χ1v) is 33.1. The molecule has 0 radical (unpaired) electrons. The zero-order chi connectivity index (χ0) is 71.5. The second-order valence-corrected chi connectivity index (χ2v) is 28.2. The van der Waals surface area contributed by atoms with Crippen molar-refractivity contribution in [3.05, 3.63) is 35.4 Å². The summed E-state index contributed by atoms with van der Waals surface area (Å²) in [7, 11) is 9.80. The number of hydrogen-bond acceptors (Lipinski definition) is 13. The largest absolute Gasteiger partial charge is 0.478 e. The van der Waals surface area contributed by atoms with Crippen molar-refractivity contribution in [2.45, 2.75) is 229 Å². The van der Waals surface area contributed by atoms with Gasteiger partial charge in [0.25, 0.3) is 0 Å². The average Bonchev–Trinajstić information content (AvgIpc) is 0.812. The van der Waals surface area contributed by atoms with Gasteiger partial charge in [0.2, 0.25) is 65.0 Å². The van der Waals surface area contributed by atoms with Gasteiger partial charge in [-0.2, -0.15) is 0 Å². The van der Waals surface area contributed by atoms with Crippen LogP contribution in [0.3, 0.4) is 0 Å². The summed E-state index contributed by atoms with van der Waals surface area (Å²) >= 11 is 0. The molecule has 2 rings (SSSR count). The monoisotopic (exact) mass is 1310 g/mol. The molecule has 11 amide bonds. The Labute approximate surface area is 553 Å². The quantitative estimate of drug-likeness (QED) is 0.121. The Hall–Kier alpha value is -7.18. The Balaban J connectivity index is 2.98. The molecule has 12 atom stereocenters. The molecule has 6 N–H and O–H groups in total. The van der Waals surface area contributed by atoms with E-state index in [1.807, 2.05) is 55.4 Å². The number of carboxylic acid groups (broad SMARTS) is 1. The van der Waals surface area contributed by atoms with Crippen LogP contribution in [0.15, 0.2) is 24.3 Å². The molecule has 1 aromatic carbocycles. The molecule has 1 saturated heterocycles. The molecular formula is C68H115N11O14. The van der Waals surface area contributed by atoms with Crippen molar-refractivity contribution in [3.63, 3.8) is 0 Å². The van der Waals surface area contributed by atoms with Gasteiger partial charge in [-0.25, -0.2) is 4.79 Å². The van der Waals surface area contributed by atoms with E-state index in [0.29, 0.717) is 12.8 Å². The summed E-state index contributed by atoms with van der Waals surface area (Å²) in [5, 5.41) is 33.0. The van der Waals surface area contributed by atoms with Crippen LogP contribution in [0.4, 0.5) is 0 Å². The highest BCUT2D eigenvalue weighted by Gasteiger charge is 2.46. The van der Waals surface area contributed by atoms with Crippen LogP contribution < -0.4 is 21.3 Å². The predicted molar refractivity (Wildman–Crippen MR) is 355 cm³/mol. The molecule has 1 aromatic rings.